The fourth-order valence-electron chi connectivity index (χ4n) is 1.56. The molecule has 2 rings (SSSR count). The van der Waals surface area contributed by atoms with E-state index in [9.17, 15) is 20.1 Å². The summed E-state index contributed by atoms with van der Waals surface area (Å²) in [4.78, 5) is 12.0. The second-order valence-corrected chi connectivity index (χ2v) is 3.70. The molecule has 2 aromatic carbocycles. The molecule has 0 aliphatic rings. The van der Waals surface area contributed by atoms with Crippen LogP contribution in [0.5, 0.6) is 23.0 Å². The van der Waals surface area contributed by atoms with Gasteiger partial charge in [-0.2, -0.15) is 0 Å². The summed E-state index contributed by atoms with van der Waals surface area (Å²) < 4.78 is 0. The highest BCUT2D eigenvalue weighted by Gasteiger charge is 2.18. The van der Waals surface area contributed by atoms with Gasteiger partial charge in [-0.3, -0.25) is 4.79 Å². The summed E-state index contributed by atoms with van der Waals surface area (Å²) in [7, 11) is 0. The number of rotatable bonds is 2. The lowest BCUT2D eigenvalue weighted by molar-refractivity contribution is 0.103. The number of phenolic OH excluding ortho intramolecular Hbond substituents is 4. The highest BCUT2D eigenvalue weighted by atomic mass is 16.3. The van der Waals surface area contributed by atoms with E-state index in [0.717, 1.165) is 12.1 Å². The van der Waals surface area contributed by atoms with E-state index in [-0.39, 0.29) is 16.9 Å². The highest BCUT2D eigenvalue weighted by Crippen LogP contribution is 2.34. The summed E-state index contributed by atoms with van der Waals surface area (Å²) in [6, 6.07) is 7.65. The molecule has 0 aromatic heterocycles. The van der Waals surface area contributed by atoms with Crippen LogP contribution in [-0.4, -0.2) is 26.2 Å². The van der Waals surface area contributed by atoms with Gasteiger partial charge in [0.1, 0.15) is 11.5 Å². The van der Waals surface area contributed by atoms with Gasteiger partial charge in [0.2, 0.25) is 5.78 Å². The van der Waals surface area contributed by atoms with Crippen LogP contribution in [0.25, 0.3) is 0 Å². The van der Waals surface area contributed by atoms with E-state index in [1.54, 1.807) is 12.1 Å². The number of hydrogen-bond acceptors (Lipinski definition) is 5. The van der Waals surface area contributed by atoms with Gasteiger partial charge < -0.3 is 20.4 Å². The molecule has 0 aliphatic heterocycles. The standard InChI is InChI=1S/C13H10O5/c14-9-4-2-1-3-7(9)13(18)8-5-11(16)12(17)6-10(8)15/h1-6,14-17H. The Balaban J connectivity index is 2.53. The van der Waals surface area contributed by atoms with Crippen LogP contribution in [-0.2, 0) is 0 Å². The maximum absolute atomic E-state index is 12.0. The predicted molar refractivity (Wildman–Crippen MR) is 63.0 cm³/mol. The van der Waals surface area contributed by atoms with Crippen LogP contribution in [0.15, 0.2) is 36.4 Å². The fourth-order valence-corrected chi connectivity index (χ4v) is 1.56. The SMILES string of the molecule is O=C(c1ccccc1O)c1cc(O)c(O)cc1O. The number of ketones is 1. The third-order valence-corrected chi connectivity index (χ3v) is 2.49. The lowest BCUT2D eigenvalue weighted by atomic mass is 10.0. The van der Waals surface area contributed by atoms with Gasteiger partial charge in [0.25, 0.3) is 0 Å². The molecule has 92 valence electrons. The monoisotopic (exact) mass is 246 g/mol. The van der Waals surface area contributed by atoms with Crippen molar-refractivity contribution in [3.05, 3.63) is 47.5 Å². The number of phenols is 4. The van der Waals surface area contributed by atoms with Gasteiger partial charge in [-0.25, -0.2) is 0 Å². The minimum Gasteiger partial charge on any atom is -0.507 e. The van der Waals surface area contributed by atoms with Crippen LogP contribution in [0, 0.1) is 0 Å². The summed E-state index contributed by atoms with van der Waals surface area (Å²) in [6.07, 6.45) is 0. The maximum Gasteiger partial charge on any atom is 0.200 e. The van der Waals surface area contributed by atoms with E-state index in [0.29, 0.717) is 0 Å². The first-order valence-electron chi connectivity index (χ1n) is 5.08. The van der Waals surface area contributed by atoms with E-state index in [1.807, 2.05) is 0 Å². The summed E-state index contributed by atoms with van der Waals surface area (Å²) in [6.45, 7) is 0. The summed E-state index contributed by atoms with van der Waals surface area (Å²) in [5.41, 5.74) is -0.204. The number of hydrogen-bond donors (Lipinski definition) is 4. The Labute approximate surface area is 102 Å². The zero-order chi connectivity index (χ0) is 13.3. The summed E-state index contributed by atoms with van der Waals surface area (Å²) >= 11 is 0. The lowest BCUT2D eigenvalue weighted by Gasteiger charge is -2.07. The molecule has 18 heavy (non-hydrogen) atoms. The maximum atomic E-state index is 12.0. The minimum atomic E-state index is -0.652. The predicted octanol–water partition coefficient (Wildman–Crippen LogP) is 1.74. The minimum absolute atomic E-state index is 0.00195. The van der Waals surface area contributed by atoms with Crippen molar-refractivity contribution in [3.63, 3.8) is 0 Å². The molecular weight excluding hydrogens is 236 g/mol. The number of carbonyl (C=O) groups is 1. The first kappa shape index (κ1) is 11.8. The molecule has 0 saturated heterocycles. The van der Waals surface area contributed by atoms with Crippen molar-refractivity contribution in [2.24, 2.45) is 0 Å². The van der Waals surface area contributed by atoms with Crippen molar-refractivity contribution in [2.75, 3.05) is 0 Å². The van der Waals surface area contributed by atoms with Crippen molar-refractivity contribution in [1.29, 1.82) is 0 Å². The second kappa shape index (κ2) is 4.29. The molecule has 0 atom stereocenters. The quantitative estimate of drug-likeness (QED) is 0.367. The van der Waals surface area contributed by atoms with Crippen LogP contribution < -0.4 is 0 Å². The molecule has 4 N–H and O–H groups in total. The Hall–Kier alpha value is -2.69. The van der Waals surface area contributed by atoms with Gasteiger partial charge in [-0.05, 0) is 18.2 Å². The Bertz CT molecular complexity index is 619. The van der Waals surface area contributed by atoms with E-state index < -0.39 is 23.0 Å². The molecular formula is C13H10O5. The molecule has 0 bridgehead atoms. The third kappa shape index (κ3) is 1.93. The number of para-hydroxylation sites is 1. The van der Waals surface area contributed by atoms with E-state index in [4.69, 9.17) is 5.11 Å². The largest absolute Gasteiger partial charge is 0.507 e. The lowest BCUT2D eigenvalue weighted by Crippen LogP contribution is -2.02. The Morgan fingerprint density at radius 2 is 1.33 bits per heavy atom. The molecule has 0 heterocycles. The Morgan fingerprint density at radius 3 is 2.00 bits per heavy atom. The van der Waals surface area contributed by atoms with Crippen LogP contribution in [0.2, 0.25) is 0 Å². The topological polar surface area (TPSA) is 98.0 Å². The molecule has 5 heteroatoms. The third-order valence-electron chi connectivity index (χ3n) is 2.49. The number of carbonyl (C=O) groups excluding carboxylic acids is 1. The molecule has 0 spiro atoms. The van der Waals surface area contributed by atoms with E-state index >= 15 is 0 Å². The van der Waals surface area contributed by atoms with Crippen LogP contribution in [0.3, 0.4) is 0 Å². The van der Waals surface area contributed by atoms with Crippen molar-refractivity contribution in [2.45, 2.75) is 0 Å². The first-order chi connectivity index (χ1) is 8.50. The summed E-state index contributed by atoms with van der Waals surface area (Å²) in [5, 5.41) is 37.6. The van der Waals surface area contributed by atoms with Gasteiger partial charge in [0.15, 0.2) is 11.5 Å². The molecule has 0 saturated carbocycles. The molecule has 0 radical (unpaired) electrons. The van der Waals surface area contributed by atoms with Crippen molar-refractivity contribution >= 4 is 5.78 Å². The molecule has 0 amide bonds. The van der Waals surface area contributed by atoms with Crippen LogP contribution in [0.1, 0.15) is 15.9 Å². The molecule has 2 aromatic rings. The molecule has 5 nitrogen and oxygen atoms in total. The van der Waals surface area contributed by atoms with Crippen molar-refractivity contribution in [3.8, 4) is 23.0 Å². The fraction of sp³-hybridized carbons (Fsp3) is 0. The smallest absolute Gasteiger partial charge is 0.200 e. The van der Waals surface area contributed by atoms with Gasteiger partial charge in [-0.1, -0.05) is 12.1 Å². The van der Waals surface area contributed by atoms with Gasteiger partial charge in [-0.15, -0.1) is 0 Å². The first-order valence-corrected chi connectivity index (χ1v) is 5.08. The average molecular weight is 246 g/mol. The van der Waals surface area contributed by atoms with E-state index in [2.05, 4.69) is 0 Å². The normalized spacial score (nSPS) is 10.2. The Kier molecular flexibility index (Phi) is 2.81. The molecule has 0 fully saturated rings. The van der Waals surface area contributed by atoms with Gasteiger partial charge in [0.05, 0.1) is 11.1 Å². The average Bonchev–Trinajstić information content (AvgIpc) is 2.33. The zero-order valence-corrected chi connectivity index (χ0v) is 9.16. The van der Waals surface area contributed by atoms with E-state index in [1.165, 1.54) is 12.1 Å². The van der Waals surface area contributed by atoms with Gasteiger partial charge >= 0.3 is 0 Å². The van der Waals surface area contributed by atoms with Gasteiger partial charge in [0, 0.05) is 6.07 Å². The number of benzene rings is 2. The second-order valence-electron chi connectivity index (χ2n) is 3.70. The van der Waals surface area contributed by atoms with Crippen molar-refractivity contribution < 1.29 is 25.2 Å². The summed E-state index contributed by atoms with van der Waals surface area (Å²) in [5.74, 6) is -2.40. The highest BCUT2D eigenvalue weighted by molar-refractivity contribution is 6.12. The van der Waals surface area contributed by atoms with Crippen LogP contribution >= 0.6 is 0 Å². The van der Waals surface area contributed by atoms with Crippen LogP contribution in [0.4, 0.5) is 0 Å². The molecule has 0 unspecified atom stereocenters. The number of aromatic hydroxyl groups is 4. The molecule has 0 aliphatic carbocycles. The zero-order valence-electron chi connectivity index (χ0n) is 9.16. The van der Waals surface area contributed by atoms with Crippen molar-refractivity contribution in [1.82, 2.24) is 0 Å². The Morgan fingerprint density at radius 1 is 0.722 bits per heavy atom.